The SMILES string of the molecule is CCCC=C1SC(=O)N(CCCCOc2cccn3cc(-c4ccccc4)nc23)C1=O.Cl. The van der Waals surface area contributed by atoms with E-state index in [0.717, 1.165) is 53.7 Å². The number of unbranched alkanes of at least 4 members (excludes halogenated alkanes) is 2. The van der Waals surface area contributed by atoms with Crippen molar-refractivity contribution in [3.63, 3.8) is 0 Å². The van der Waals surface area contributed by atoms with Crippen LogP contribution in [-0.2, 0) is 4.79 Å². The van der Waals surface area contributed by atoms with Gasteiger partial charge in [0.05, 0.1) is 17.2 Å². The molecule has 1 aliphatic heterocycles. The Labute approximate surface area is 198 Å². The molecule has 1 fully saturated rings. The number of halogens is 1. The highest BCUT2D eigenvalue weighted by atomic mass is 35.5. The Balaban J connectivity index is 0.00000289. The molecule has 0 N–H and O–H groups in total. The lowest BCUT2D eigenvalue weighted by atomic mass is 10.2. The van der Waals surface area contributed by atoms with E-state index >= 15 is 0 Å². The molecule has 3 aromatic rings. The highest BCUT2D eigenvalue weighted by Crippen LogP contribution is 2.31. The van der Waals surface area contributed by atoms with Gasteiger partial charge in [-0.25, -0.2) is 4.98 Å². The summed E-state index contributed by atoms with van der Waals surface area (Å²) in [5, 5.41) is -0.177. The standard InChI is InChI=1S/C24H25N3O3S.ClH/c1-2-3-13-21-23(28)27(24(29)31-21)15-7-8-16-30-20-12-9-14-26-17-19(25-22(20)26)18-10-5-4-6-11-18;/h4-6,9-14,17H,2-3,7-8,15-16H2,1H3;1H. The molecule has 1 saturated heterocycles. The maximum Gasteiger partial charge on any atom is 0.293 e. The van der Waals surface area contributed by atoms with Crippen molar-refractivity contribution in [2.45, 2.75) is 32.6 Å². The minimum absolute atomic E-state index is 0. The maximum absolute atomic E-state index is 12.3. The first-order valence-corrected chi connectivity index (χ1v) is 11.4. The Bertz CT molecular complexity index is 1110. The van der Waals surface area contributed by atoms with Gasteiger partial charge in [0.2, 0.25) is 0 Å². The number of aromatic nitrogens is 2. The summed E-state index contributed by atoms with van der Waals surface area (Å²) in [7, 11) is 0. The number of fused-ring (bicyclic) bond motifs is 1. The number of ether oxygens (including phenoxy) is 1. The minimum atomic E-state index is -0.177. The first-order chi connectivity index (χ1) is 15.2. The first-order valence-electron chi connectivity index (χ1n) is 10.6. The Kier molecular flexibility index (Phi) is 8.36. The molecule has 0 unspecified atom stereocenters. The molecule has 3 heterocycles. The number of thioether (sulfide) groups is 1. The molecule has 2 amide bonds. The summed E-state index contributed by atoms with van der Waals surface area (Å²) in [5.74, 6) is 0.554. The molecular formula is C24H26ClN3O3S. The van der Waals surface area contributed by atoms with Crippen molar-refractivity contribution < 1.29 is 14.3 Å². The summed E-state index contributed by atoms with van der Waals surface area (Å²) >= 11 is 1.04. The molecule has 0 bridgehead atoms. The third kappa shape index (κ3) is 5.34. The number of carbonyl (C=O) groups is 2. The average Bonchev–Trinajstić information content (AvgIpc) is 3.34. The quantitative estimate of drug-likeness (QED) is 0.284. The Morgan fingerprint density at radius 1 is 1.09 bits per heavy atom. The first kappa shape index (κ1) is 23.9. The second-order valence-corrected chi connectivity index (χ2v) is 8.33. The lowest BCUT2D eigenvalue weighted by molar-refractivity contribution is -0.122. The van der Waals surface area contributed by atoms with Gasteiger partial charge < -0.3 is 9.14 Å². The van der Waals surface area contributed by atoms with Crippen molar-refractivity contribution >= 4 is 41.0 Å². The van der Waals surface area contributed by atoms with E-state index in [9.17, 15) is 9.59 Å². The van der Waals surface area contributed by atoms with Crippen molar-refractivity contribution in [2.24, 2.45) is 0 Å². The molecular weight excluding hydrogens is 446 g/mol. The third-order valence-corrected chi connectivity index (χ3v) is 6.00. The second kappa shape index (κ2) is 11.2. The minimum Gasteiger partial charge on any atom is -0.490 e. The molecule has 8 heteroatoms. The van der Waals surface area contributed by atoms with Gasteiger partial charge in [0.25, 0.3) is 11.1 Å². The number of imidazole rings is 1. The molecule has 0 radical (unpaired) electrons. The van der Waals surface area contributed by atoms with Gasteiger partial charge in [-0.1, -0.05) is 49.8 Å². The van der Waals surface area contributed by atoms with Crippen LogP contribution in [0.15, 0.2) is 65.8 Å². The number of carbonyl (C=O) groups excluding carboxylic acids is 2. The van der Waals surface area contributed by atoms with E-state index in [2.05, 4.69) is 0 Å². The largest absolute Gasteiger partial charge is 0.490 e. The molecule has 4 rings (SSSR count). The number of benzene rings is 1. The Morgan fingerprint density at radius 3 is 2.69 bits per heavy atom. The van der Waals surface area contributed by atoms with Gasteiger partial charge in [0.1, 0.15) is 0 Å². The fourth-order valence-electron chi connectivity index (χ4n) is 3.41. The van der Waals surface area contributed by atoms with E-state index in [1.54, 1.807) is 0 Å². The summed E-state index contributed by atoms with van der Waals surface area (Å²) in [6.45, 7) is 2.96. The fourth-order valence-corrected chi connectivity index (χ4v) is 4.28. The van der Waals surface area contributed by atoms with Gasteiger partial charge in [0.15, 0.2) is 11.4 Å². The molecule has 0 atom stereocenters. The van der Waals surface area contributed by atoms with Crippen molar-refractivity contribution in [3.8, 4) is 17.0 Å². The van der Waals surface area contributed by atoms with E-state index in [-0.39, 0.29) is 23.6 Å². The third-order valence-electron chi connectivity index (χ3n) is 5.04. The second-order valence-electron chi connectivity index (χ2n) is 7.33. The van der Waals surface area contributed by atoms with E-state index in [4.69, 9.17) is 9.72 Å². The van der Waals surface area contributed by atoms with Crippen LogP contribution >= 0.6 is 24.2 Å². The van der Waals surface area contributed by atoms with Crippen LogP contribution in [0.25, 0.3) is 16.9 Å². The molecule has 0 aliphatic carbocycles. The number of amides is 2. The van der Waals surface area contributed by atoms with Gasteiger partial charge in [-0.2, -0.15) is 0 Å². The van der Waals surface area contributed by atoms with Crippen LogP contribution in [-0.4, -0.2) is 38.6 Å². The topological polar surface area (TPSA) is 63.9 Å². The number of pyridine rings is 1. The molecule has 1 aromatic carbocycles. The number of hydrogen-bond donors (Lipinski definition) is 0. The molecule has 168 valence electrons. The van der Waals surface area contributed by atoms with E-state index in [1.165, 1.54) is 4.90 Å². The van der Waals surface area contributed by atoms with Crippen LogP contribution in [0, 0.1) is 0 Å². The summed E-state index contributed by atoms with van der Waals surface area (Å²) in [4.78, 5) is 31.1. The lowest BCUT2D eigenvalue weighted by Gasteiger charge is -2.12. The zero-order valence-corrected chi connectivity index (χ0v) is 19.5. The smallest absolute Gasteiger partial charge is 0.293 e. The van der Waals surface area contributed by atoms with Gasteiger partial charge >= 0.3 is 0 Å². The monoisotopic (exact) mass is 471 g/mol. The summed E-state index contributed by atoms with van der Waals surface area (Å²) in [6.07, 6.45) is 9.02. The van der Waals surface area contributed by atoms with Gasteiger partial charge in [-0.15, -0.1) is 12.4 Å². The van der Waals surface area contributed by atoms with Crippen molar-refractivity contribution in [2.75, 3.05) is 13.2 Å². The molecule has 6 nitrogen and oxygen atoms in total. The van der Waals surface area contributed by atoms with Gasteiger partial charge in [-0.05, 0) is 43.2 Å². The van der Waals surface area contributed by atoms with Crippen LogP contribution in [0.2, 0.25) is 0 Å². The molecule has 2 aromatic heterocycles. The van der Waals surface area contributed by atoms with Crippen molar-refractivity contribution in [3.05, 3.63) is 65.8 Å². The van der Waals surface area contributed by atoms with E-state index in [1.807, 2.05) is 72.3 Å². The Morgan fingerprint density at radius 2 is 1.91 bits per heavy atom. The van der Waals surface area contributed by atoms with Crippen LogP contribution in [0.5, 0.6) is 5.75 Å². The zero-order valence-electron chi connectivity index (χ0n) is 17.9. The summed E-state index contributed by atoms with van der Waals surface area (Å²) in [5.41, 5.74) is 2.72. The number of imide groups is 1. The van der Waals surface area contributed by atoms with E-state index < -0.39 is 0 Å². The summed E-state index contributed by atoms with van der Waals surface area (Å²) in [6, 6.07) is 13.9. The van der Waals surface area contributed by atoms with E-state index in [0.29, 0.717) is 24.5 Å². The Hall–Kier alpha value is -2.77. The van der Waals surface area contributed by atoms with Crippen LogP contribution < -0.4 is 4.74 Å². The number of nitrogens with zero attached hydrogens (tertiary/aromatic N) is 3. The molecule has 0 spiro atoms. The van der Waals surface area contributed by atoms with Crippen molar-refractivity contribution in [1.82, 2.24) is 14.3 Å². The lowest BCUT2D eigenvalue weighted by Crippen LogP contribution is -2.29. The highest BCUT2D eigenvalue weighted by Gasteiger charge is 2.34. The van der Waals surface area contributed by atoms with Gasteiger partial charge in [-0.3, -0.25) is 14.5 Å². The zero-order chi connectivity index (χ0) is 21.6. The molecule has 32 heavy (non-hydrogen) atoms. The van der Waals surface area contributed by atoms with Crippen molar-refractivity contribution in [1.29, 1.82) is 0 Å². The number of hydrogen-bond acceptors (Lipinski definition) is 5. The van der Waals surface area contributed by atoms with Crippen LogP contribution in [0.1, 0.15) is 32.6 Å². The molecule has 0 saturated carbocycles. The highest BCUT2D eigenvalue weighted by molar-refractivity contribution is 8.18. The fraction of sp³-hybridized carbons (Fsp3) is 0.292. The number of rotatable bonds is 9. The average molecular weight is 472 g/mol. The maximum atomic E-state index is 12.3. The predicted octanol–water partition coefficient (Wildman–Crippen LogP) is 5.96. The van der Waals surface area contributed by atoms with Crippen LogP contribution in [0.4, 0.5) is 4.79 Å². The summed E-state index contributed by atoms with van der Waals surface area (Å²) < 4.78 is 7.93. The number of allylic oxidation sites excluding steroid dienone is 1. The van der Waals surface area contributed by atoms with Crippen LogP contribution in [0.3, 0.4) is 0 Å². The predicted molar refractivity (Wildman–Crippen MR) is 130 cm³/mol. The normalized spacial score (nSPS) is 14.9. The van der Waals surface area contributed by atoms with Gasteiger partial charge in [0, 0.05) is 24.5 Å². The molecule has 1 aliphatic rings.